The molecule has 2 saturated heterocycles. The highest BCUT2D eigenvalue weighted by Crippen LogP contribution is 2.37. The van der Waals surface area contributed by atoms with E-state index in [0.717, 1.165) is 61.9 Å². The molecule has 6 aliphatic rings. The molecular weight excluding hydrogens is 1060 g/mol. The third-order valence-corrected chi connectivity index (χ3v) is 17.3. The SMILES string of the molecule is CN(C)[C@H]1Cc2cccc(c2)OCCCC[C@@H](C(=O)NC2CCC(c3cc4cc(c3)OCCCC[C@@H](C(=O)NC3CCCC3)NC(=O)[C@H](COc3ccccc3)NC(=O)[C@@H](N3CCCC3=O)C4)C2)NC(=O)[C@H](CCN2CCOCC2)NC1=O. The van der Waals surface area contributed by atoms with E-state index in [-0.39, 0.29) is 54.7 Å². The molecule has 83 heavy (non-hydrogen) atoms. The van der Waals surface area contributed by atoms with Gasteiger partial charge in [-0.25, -0.2) is 0 Å². The van der Waals surface area contributed by atoms with Crippen molar-refractivity contribution in [3.8, 4) is 17.2 Å². The number of nitrogens with one attached hydrogen (secondary N) is 6. The number of ether oxygens (including phenoxy) is 4. The van der Waals surface area contributed by atoms with Crippen LogP contribution in [0, 0.1) is 0 Å². The van der Waals surface area contributed by atoms with Crippen LogP contribution < -0.4 is 46.1 Å². The fourth-order valence-corrected chi connectivity index (χ4v) is 12.5. The Morgan fingerprint density at radius 1 is 0.614 bits per heavy atom. The summed E-state index contributed by atoms with van der Waals surface area (Å²) in [5.74, 6) is -0.675. The molecule has 4 heterocycles. The van der Waals surface area contributed by atoms with Gasteiger partial charge < -0.3 is 55.7 Å². The summed E-state index contributed by atoms with van der Waals surface area (Å²) in [5.41, 5.74) is 2.69. The number of likely N-dealkylation sites (N-methyl/N-ethyl adjacent to an activating group) is 1. The highest BCUT2D eigenvalue weighted by Gasteiger charge is 2.38. The number of carbonyl (C=O) groups is 7. The second kappa shape index (κ2) is 30.2. The number of rotatable bonds is 13. The van der Waals surface area contributed by atoms with Crippen molar-refractivity contribution < 1.29 is 52.5 Å². The third-order valence-electron chi connectivity index (χ3n) is 17.3. The number of para-hydroxylation sites is 1. The molecule has 2 aliphatic carbocycles. The normalized spacial score (nSPS) is 26.9. The van der Waals surface area contributed by atoms with Crippen molar-refractivity contribution in [3.05, 3.63) is 89.5 Å². The Hall–Kier alpha value is -6.77. The van der Waals surface area contributed by atoms with Crippen LogP contribution in [0.15, 0.2) is 72.8 Å². The molecule has 8 atom stereocenters. The smallest absolute Gasteiger partial charge is 0.246 e. The summed E-state index contributed by atoms with van der Waals surface area (Å²) < 4.78 is 24.3. The fraction of sp³-hybridized carbons (Fsp3) is 0.603. The van der Waals surface area contributed by atoms with Crippen LogP contribution in [0.5, 0.6) is 17.2 Å². The quantitative estimate of drug-likeness (QED) is 0.142. The maximum Gasteiger partial charge on any atom is 0.246 e. The average Bonchev–Trinajstić information content (AvgIpc) is 4.49. The Labute approximate surface area is 488 Å². The van der Waals surface area contributed by atoms with Crippen LogP contribution in [0.3, 0.4) is 0 Å². The van der Waals surface area contributed by atoms with E-state index in [1.807, 2.05) is 73.6 Å². The summed E-state index contributed by atoms with van der Waals surface area (Å²) in [5, 5.41) is 18.6. The second-order valence-electron chi connectivity index (χ2n) is 23.7. The van der Waals surface area contributed by atoms with E-state index in [1.165, 1.54) is 0 Å². The molecule has 20 nitrogen and oxygen atoms in total. The summed E-state index contributed by atoms with van der Waals surface area (Å²) in [6.07, 6.45) is 10.7. The molecule has 0 spiro atoms. The molecule has 0 aromatic heterocycles. The predicted molar refractivity (Wildman–Crippen MR) is 312 cm³/mol. The van der Waals surface area contributed by atoms with E-state index in [2.05, 4.69) is 42.9 Å². The van der Waals surface area contributed by atoms with Crippen LogP contribution in [0.25, 0.3) is 0 Å². The zero-order chi connectivity index (χ0) is 58.1. The molecule has 6 N–H and O–H groups in total. The number of morpholine rings is 1. The summed E-state index contributed by atoms with van der Waals surface area (Å²) in [6.45, 7) is 4.11. The van der Waals surface area contributed by atoms with Gasteiger partial charge in [-0.1, -0.05) is 49.2 Å². The first-order valence-electron chi connectivity index (χ1n) is 30.6. The van der Waals surface area contributed by atoms with E-state index in [4.69, 9.17) is 18.9 Å². The highest BCUT2D eigenvalue weighted by atomic mass is 16.5. The standard InChI is InChI=1S/C63H87N9O11/c1-70(2)55-37-42-14-12-19-49(35-42)81-30-10-8-21-52(66-60(76)53(68-62(55)78)25-27-71-28-32-80-33-29-71)59(75)65-47-24-23-44(39-47)45-34-43-36-50(40-45)82-31-11-9-20-51(58(74)64-46-15-6-7-16-46)67-61(77)54(41-83-48-17-4-3-5-18-48)69-63(79)56(38-43)72-26-13-22-57(72)73/h3-5,12,14,17-19,34-36,40,44,46-47,51-56H,6-11,13,15-16,20-33,37-39,41H2,1-2H3,(H,64,74)(H,65,75)(H,66,76)(H,67,77)(H,68,78)(H,69,79)/t44?,47?,51-,52-,53-,54-,55-,56-/m0/s1. The molecule has 3 aromatic rings. The number of hydrogen-bond donors (Lipinski definition) is 6. The lowest BCUT2D eigenvalue weighted by Gasteiger charge is -2.31. The predicted octanol–water partition coefficient (Wildman–Crippen LogP) is 4.07. The van der Waals surface area contributed by atoms with Gasteiger partial charge >= 0.3 is 0 Å². The van der Waals surface area contributed by atoms with Gasteiger partial charge in [0, 0.05) is 51.1 Å². The first-order chi connectivity index (χ1) is 40.3. The molecule has 9 rings (SSSR count). The first kappa shape index (κ1) is 60.8. The van der Waals surface area contributed by atoms with Crippen molar-refractivity contribution in [3.63, 3.8) is 0 Å². The van der Waals surface area contributed by atoms with Crippen molar-refractivity contribution >= 4 is 41.4 Å². The zero-order valence-corrected chi connectivity index (χ0v) is 48.5. The van der Waals surface area contributed by atoms with E-state index >= 15 is 0 Å². The van der Waals surface area contributed by atoms with Crippen molar-refractivity contribution in [2.75, 3.05) is 73.3 Å². The Bertz CT molecular complexity index is 2680. The number of amides is 7. The number of carbonyl (C=O) groups excluding carboxylic acids is 7. The lowest BCUT2D eigenvalue weighted by molar-refractivity contribution is -0.139. The molecule has 3 aromatic carbocycles. The minimum absolute atomic E-state index is 0.0112. The average molecular weight is 1150 g/mol. The number of benzene rings is 3. The maximum absolute atomic E-state index is 14.8. The van der Waals surface area contributed by atoms with Crippen molar-refractivity contribution in [2.24, 2.45) is 0 Å². The minimum atomic E-state index is -1.20. The van der Waals surface area contributed by atoms with Gasteiger partial charge in [0.25, 0.3) is 0 Å². The van der Waals surface area contributed by atoms with Gasteiger partial charge in [-0.3, -0.25) is 43.4 Å². The summed E-state index contributed by atoms with van der Waals surface area (Å²) in [7, 11) is 3.70. The summed E-state index contributed by atoms with van der Waals surface area (Å²) in [4.78, 5) is 106. The summed E-state index contributed by atoms with van der Waals surface area (Å²) in [6, 6.07) is 17.2. The topological polar surface area (TPSA) is 238 Å². The van der Waals surface area contributed by atoms with Gasteiger partial charge in [0.05, 0.1) is 32.5 Å². The number of hydrogen-bond acceptors (Lipinski definition) is 13. The molecule has 20 heteroatoms. The van der Waals surface area contributed by atoms with Crippen molar-refractivity contribution in [1.82, 2.24) is 46.6 Å². The van der Waals surface area contributed by atoms with Crippen LogP contribution >= 0.6 is 0 Å². The lowest BCUT2D eigenvalue weighted by Crippen LogP contribution is -2.59. The van der Waals surface area contributed by atoms with Crippen LogP contribution in [-0.2, 0) is 51.1 Å². The molecule has 450 valence electrons. The van der Waals surface area contributed by atoms with Crippen molar-refractivity contribution in [2.45, 2.75) is 170 Å². The maximum atomic E-state index is 14.8. The van der Waals surface area contributed by atoms with Gasteiger partial charge in [-0.05, 0) is 163 Å². The molecule has 7 amide bonds. The van der Waals surface area contributed by atoms with Crippen LogP contribution in [-0.4, -0.2) is 178 Å². The van der Waals surface area contributed by atoms with Crippen LogP contribution in [0.1, 0.15) is 125 Å². The number of likely N-dealkylation sites (tertiary alicyclic amines) is 1. The van der Waals surface area contributed by atoms with Crippen LogP contribution in [0.2, 0.25) is 0 Å². The molecule has 4 aliphatic heterocycles. The Balaban J connectivity index is 0.927. The first-order valence-corrected chi connectivity index (χ1v) is 30.6. The van der Waals surface area contributed by atoms with E-state index < -0.39 is 54.0 Å². The molecule has 0 radical (unpaired) electrons. The van der Waals surface area contributed by atoms with E-state index in [0.29, 0.717) is 134 Å². The number of fused-ring (bicyclic) bond motifs is 4. The van der Waals surface area contributed by atoms with Gasteiger partial charge in [-0.2, -0.15) is 0 Å². The minimum Gasteiger partial charge on any atom is -0.494 e. The monoisotopic (exact) mass is 1150 g/mol. The molecule has 2 saturated carbocycles. The van der Waals surface area contributed by atoms with E-state index in [1.54, 1.807) is 17.0 Å². The lowest BCUT2D eigenvalue weighted by atomic mass is 9.93. The van der Waals surface area contributed by atoms with Gasteiger partial charge in [0.2, 0.25) is 41.4 Å². The van der Waals surface area contributed by atoms with E-state index in [9.17, 15) is 33.6 Å². The Kier molecular flexibility index (Phi) is 22.1. The van der Waals surface area contributed by atoms with Gasteiger partial charge in [-0.15, -0.1) is 0 Å². The van der Waals surface area contributed by atoms with Crippen LogP contribution in [0.4, 0.5) is 0 Å². The Morgan fingerprint density at radius 2 is 1.28 bits per heavy atom. The third kappa shape index (κ3) is 17.6. The molecular formula is C63H87N9O11. The largest absolute Gasteiger partial charge is 0.494 e. The van der Waals surface area contributed by atoms with Crippen molar-refractivity contribution in [1.29, 1.82) is 0 Å². The Morgan fingerprint density at radius 3 is 1.98 bits per heavy atom. The fourth-order valence-electron chi connectivity index (χ4n) is 12.5. The molecule has 2 unspecified atom stereocenters. The molecule has 4 fully saturated rings. The van der Waals surface area contributed by atoms with Gasteiger partial charge in [0.15, 0.2) is 0 Å². The zero-order valence-electron chi connectivity index (χ0n) is 48.5. The van der Waals surface area contributed by atoms with Gasteiger partial charge in [0.1, 0.15) is 54.1 Å². The highest BCUT2D eigenvalue weighted by molar-refractivity contribution is 5.95. The molecule has 4 bridgehead atoms. The summed E-state index contributed by atoms with van der Waals surface area (Å²) >= 11 is 0. The number of nitrogens with zero attached hydrogens (tertiary/aromatic N) is 3. The second-order valence-corrected chi connectivity index (χ2v) is 23.7.